The van der Waals surface area contributed by atoms with E-state index in [1.165, 1.54) is 12.8 Å². The maximum atomic E-state index is 12.6. The molecule has 5 nitrogen and oxygen atoms in total. The number of carbonyl (C=O) groups is 1. The largest absolute Gasteiger partial charge is 0.370 e. The zero-order valence-corrected chi connectivity index (χ0v) is 14.2. The Morgan fingerprint density at radius 3 is 2.87 bits per heavy atom. The molecule has 0 aromatic carbocycles. The molecule has 5 heteroatoms. The number of carbonyl (C=O) groups excluding carboxylic acids is 1. The van der Waals surface area contributed by atoms with Crippen LogP contribution < -0.4 is 0 Å². The molecule has 2 aliphatic rings. The lowest BCUT2D eigenvalue weighted by Gasteiger charge is -2.36. The Balaban J connectivity index is 1.56. The van der Waals surface area contributed by atoms with Crippen molar-refractivity contribution in [2.45, 2.75) is 32.8 Å². The Kier molecular flexibility index (Phi) is 5.28. The number of amides is 1. The number of morpholine rings is 1. The number of pyridine rings is 1. The summed E-state index contributed by atoms with van der Waals surface area (Å²) in [6, 6.07) is 4.03. The van der Waals surface area contributed by atoms with Gasteiger partial charge in [-0.1, -0.05) is 6.92 Å². The minimum absolute atomic E-state index is 0.0317. The normalized spacial score (nSPS) is 23.9. The van der Waals surface area contributed by atoms with Gasteiger partial charge in [0.15, 0.2) is 0 Å². The van der Waals surface area contributed by atoms with E-state index in [9.17, 15) is 4.79 Å². The first-order valence-corrected chi connectivity index (χ1v) is 8.66. The monoisotopic (exact) mass is 317 g/mol. The summed E-state index contributed by atoms with van der Waals surface area (Å²) < 4.78 is 5.87. The zero-order valence-electron chi connectivity index (χ0n) is 14.2. The van der Waals surface area contributed by atoms with Crippen molar-refractivity contribution < 1.29 is 9.53 Å². The summed E-state index contributed by atoms with van der Waals surface area (Å²) in [5, 5.41) is 0. The van der Waals surface area contributed by atoms with Gasteiger partial charge in [-0.15, -0.1) is 0 Å². The molecule has 3 rings (SSSR count). The van der Waals surface area contributed by atoms with Crippen LogP contribution in [0.3, 0.4) is 0 Å². The molecule has 1 aromatic rings. The minimum atomic E-state index is -0.0317. The molecule has 0 aliphatic carbocycles. The highest BCUT2D eigenvalue weighted by Crippen LogP contribution is 2.23. The predicted octanol–water partition coefficient (Wildman–Crippen LogP) is 2.02. The molecular weight excluding hydrogens is 290 g/mol. The lowest BCUT2D eigenvalue weighted by Crippen LogP contribution is -2.48. The number of nitrogens with zero attached hydrogens (tertiary/aromatic N) is 3. The van der Waals surface area contributed by atoms with Gasteiger partial charge in [0.1, 0.15) is 6.10 Å². The third-order valence-corrected chi connectivity index (χ3v) is 4.95. The van der Waals surface area contributed by atoms with Gasteiger partial charge in [0.2, 0.25) is 5.91 Å². The molecule has 23 heavy (non-hydrogen) atoms. The van der Waals surface area contributed by atoms with Crippen LogP contribution in [0.2, 0.25) is 0 Å². The van der Waals surface area contributed by atoms with Crippen molar-refractivity contribution in [2.24, 2.45) is 5.92 Å². The standard InChI is InChI=1S/C18H27N3O2/c1-14-4-7-20(8-5-14)13-18(22)21-9-10-23-17(12-21)16-3-6-19-15(2)11-16/h3,6,11,14,17H,4-5,7-10,12-13H2,1-2H3/t17-/m1/s1. The molecule has 1 atom stereocenters. The molecule has 0 saturated carbocycles. The maximum absolute atomic E-state index is 12.6. The van der Waals surface area contributed by atoms with Crippen LogP contribution in [0.25, 0.3) is 0 Å². The summed E-state index contributed by atoms with van der Waals surface area (Å²) in [4.78, 5) is 21.1. The maximum Gasteiger partial charge on any atom is 0.236 e. The molecule has 0 N–H and O–H groups in total. The summed E-state index contributed by atoms with van der Waals surface area (Å²) in [5.41, 5.74) is 2.10. The molecule has 2 aliphatic heterocycles. The van der Waals surface area contributed by atoms with Crippen LogP contribution in [0.15, 0.2) is 18.3 Å². The SMILES string of the molecule is Cc1cc([C@H]2CN(C(=O)CN3CCC(C)CC3)CCO2)ccn1. The first kappa shape index (κ1) is 16.4. The van der Waals surface area contributed by atoms with E-state index in [-0.39, 0.29) is 12.0 Å². The molecule has 0 bridgehead atoms. The van der Waals surface area contributed by atoms with Gasteiger partial charge in [0, 0.05) is 18.4 Å². The number of piperidine rings is 1. The van der Waals surface area contributed by atoms with Crippen molar-refractivity contribution in [1.29, 1.82) is 0 Å². The van der Waals surface area contributed by atoms with Crippen LogP contribution in [0.5, 0.6) is 0 Å². The highest BCUT2D eigenvalue weighted by Gasteiger charge is 2.27. The van der Waals surface area contributed by atoms with Crippen molar-refractivity contribution in [2.75, 3.05) is 39.3 Å². The van der Waals surface area contributed by atoms with Crippen LogP contribution in [-0.4, -0.2) is 60.0 Å². The lowest BCUT2D eigenvalue weighted by molar-refractivity contribution is -0.140. The average Bonchev–Trinajstić information content (AvgIpc) is 2.57. The van der Waals surface area contributed by atoms with Gasteiger partial charge in [-0.05, 0) is 56.5 Å². The first-order valence-electron chi connectivity index (χ1n) is 8.66. The Morgan fingerprint density at radius 2 is 2.13 bits per heavy atom. The third kappa shape index (κ3) is 4.30. The smallest absolute Gasteiger partial charge is 0.236 e. The van der Waals surface area contributed by atoms with E-state index in [0.717, 1.165) is 30.3 Å². The molecule has 2 fully saturated rings. The molecule has 0 radical (unpaired) electrons. The van der Waals surface area contributed by atoms with Gasteiger partial charge < -0.3 is 9.64 Å². The second-order valence-electron chi connectivity index (χ2n) is 6.89. The van der Waals surface area contributed by atoms with Gasteiger partial charge >= 0.3 is 0 Å². The fourth-order valence-electron chi connectivity index (χ4n) is 3.36. The number of likely N-dealkylation sites (tertiary alicyclic amines) is 1. The van der Waals surface area contributed by atoms with E-state index >= 15 is 0 Å². The Labute approximate surface area is 138 Å². The number of hydrogen-bond acceptors (Lipinski definition) is 4. The van der Waals surface area contributed by atoms with Gasteiger partial charge in [-0.3, -0.25) is 14.7 Å². The number of ether oxygens (including phenoxy) is 1. The number of rotatable bonds is 3. The van der Waals surface area contributed by atoms with E-state index in [1.807, 2.05) is 30.2 Å². The topological polar surface area (TPSA) is 45.7 Å². The van der Waals surface area contributed by atoms with E-state index < -0.39 is 0 Å². The van der Waals surface area contributed by atoms with Crippen LogP contribution in [0.1, 0.15) is 37.1 Å². The first-order chi connectivity index (χ1) is 11.1. The molecule has 3 heterocycles. The molecule has 1 aromatic heterocycles. The molecule has 0 unspecified atom stereocenters. The van der Waals surface area contributed by atoms with E-state index in [2.05, 4.69) is 16.8 Å². The highest BCUT2D eigenvalue weighted by atomic mass is 16.5. The summed E-state index contributed by atoms with van der Waals surface area (Å²) in [6.07, 6.45) is 4.18. The quantitative estimate of drug-likeness (QED) is 0.856. The minimum Gasteiger partial charge on any atom is -0.370 e. The van der Waals surface area contributed by atoms with Gasteiger partial charge in [0.05, 0.1) is 19.7 Å². The molecule has 126 valence electrons. The third-order valence-electron chi connectivity index (χ3n) is 4.95. The lowest BCUT2D eigenvalue weighted by atomic mass is 9.99. The van der Waals surface area contributed by atoms with Crippen LogP contribution in [0.4, 0.5) is 0 Å². The Bertz CT molecular complexity index is 541. The molecule has 0 spiro atoms. The zero-order chi connectivity index (χ0) is 16.2. The van der Waals surface area contributed by atoms with E-state index in [4.69, 9.17) is 4.74 Å². The van der Waals surface area contributed by atoms with E-state index in [1.54, 1.807) is 0 Å². The predicted molar refractivity (Wildman–Crippen MR) is 89.1 cm³/mol. The fourth-order valence-corrected chi connectivity index (χ4v) is 3.36. The van der Waals surface area contributed by atoms with Crippen molar-refractivity contribution in [3.63, 3.8) is 0 Å². The van der Waals surface area contributed by atoms with E-state index in [0.29, 0.717) is 26.2 Å². The highest BCUT2D eigenvalue weighted by molar-refractivity contribution is 5.78. The van der Waals surface area contributed by atoms with Crippen LogP contribution in [0, 0.1) is 12.8 Å². The van der Waals surface area contributed by atoms with Crippen molar-refractivity contribution in [3.8, 4) is 0 Å². The van der Waals surface area contributed by atoms with Crippen molar-refractivity contribution in [1.82, 2.24) is 14.8 Å². The number of aryl methyl sites for hydroxylation is 1. The van der Waals surface area contributed by atoms with Crippen molar-refractivity contribution in [3.05, 3.63) is 29.6 Å². The Hall–Kier alpha value is -1.46. The van der Waals surface area contributed by atoms with Crippen LogP contribution >= 0.6 is 0 Å². The summed E-state index contributed by atoms with van der Waals surface area (Å²) >= 11 is 0. The second-order valence-corrected chi connectivity index (χ2v) is 6.89. The summed E-state index contributed by atoms with van der Waals surface area (Å²) in [7, 11) is 0. The molecule has 2 saturated heterocycles. The molecule has 1 amide bonds. The van der Waals surface area contributed by atoms with Gasteiger partial charge in [-0.2, -0.15) is 0 Å². The van der Waals surface area contributed by atoms with Crippen LogP contribution in [-0.2, 0) is 9.53 Å². The number of hydrogen-bond donors (Lipinski definition) is 0. The van der Waals surface area contributed by atoms with Gasteiger partial charge in [-0.25, -0.2) is 0 Å². The fraction of sp³-hybridized carbons (Fsp3) is 0.667. The van der Waals surface area contributed by atoms with Crippen molar-refractivity contribution >= 4 is 5.91 Å². The average molecular weight is 317 g/mol. The summed E-state index contributed by atoms with van der Waals surface area (Å²) in [6.45, 7) is 8.86. The Morgan fingerprint density at radius 1 is 1.35 bits per heavy atom. The van der Waals surface area contributed by atoms with Gasteiger partial charge in [0.25, 0.3) is 0 Å². The number of aromatic nitrogens is 1. The molecular formula is C18H27N3O2. The second kappa shape index (κ2) is 7.41. The summed E-state index contributed by atoms with van der Waals surface area (Å²) in [5.74, 6) is 1.03.